The van der Waals surface area contributed by atoms with Gasteiger partial charge in [-0.15, -0.1) is 0 Å². The number of halogens is 1. The van der Waals surface area contributed by atoms with Crippen LogP contribution in [0.15, 0.2) is 42.5 Å². The van der Waals surface area contributed by atoms with Crippen LogP contribution in [0, 0.1) is 19.7 Å². The normalized spacial score (nSPS) is 12.4. The average molecular weight is 244 g/mol. The summed E-state index contributed by atoms with van der Waals surface area (Å²) in [5.41, 5.74) is 6.62. The Hall–Kier alpha value is -1.71. The lowest BCUT2D eigenvalue weighted by molar-refractivity contribution is 0.607. The fourth-order valence-corrected chi connectivity index (χ4v) is 2.08. The van der Waals surface area contributed by atoms with Gasteiger partial charge in [0.15, 0.2) is 0 Å². The lowest BCUT2D eigenvalue weighted by Crippen LogP contribution is -2.29. The Balaban J connectivity index is 2.42. The van der Waals surface area contributed by atoms with Gasteiger partial charge in [-0.2, -0.15) is 0 Å². The molecule has 0 aliphatic heterocycles. The highest BCUT2D eigenvalue weighted by molar-refractivity contribution is 5.35. The Labute approximate surface area is 107 Å². The first-order valence-electron chi connectivity index (χ1n) is 5.90. The van der Waals surface area contributed by atoms with Crippen LogP contribution in [-0.2, 0) is 0 Å². The highest BCUT2D eigenvalue weighted by Gasteiger charge is 2.13. The van der Waals surface area contributed by atoms with Crippen LogP contribution < -0.4 is 11.3 Å². The van der Waals surface area contributed by atoms with Crippen LogP contribution >= 0.6 is 0 Å². The summed E-state index contributed by atoms with van der Waals surface area (Å²) in [5.74, 6) is 5.44. The molecule has 3 N–H and O–H groups in total. The molecule has 0 radical (unpaired) electrons. The van der Waals surface area contributed by atoms with Crippen molar-refractivity contribution in [3.05, 3.63) is 70.5 Å². The number of nitrogens with two attached hydrogens (primary N) is 1. The molecule has 0 amide bonds. The predicted molar refractivity (Wildman–Crippen MR) is 71.5 cm³/mol. The van der Waals surface area contributed by atoms with Gasteiger partial charge in [-0.1, -0.05) is 42.0 Å². The molecule has 94 valence electrons. The van der Waals surface area contributed by atoms with E-state index >= 15 is 0 Å². The van der Waals surface area contributed by atoms with E-state index in [2.05, 4.69) is 11.5 Å². The van der Waals surface area contributed by atoms with Gasteiger partial charge in [-0.3, -0.25) is 5.84 Å². The van der Waals surface area contributed by atoms with Crippen LogP contribution in [0.25, 0.3) is 0 Å². The topological polar surface area (TPSA) is 38.0 Å². The largest absolute Gasteiger partial charge is 0.271 e. The molecule has 3 heteroatoms. The van der Waals surface area contributed by atoms with Gasteiger partial charge in [0.2, 0.25) is 0 Å². The Morgan fingerprint density at radius 2 is 1.78 bits per heavy atom. The quantitative estimate of drug-likeness (QED) is 0.643. The van der Waals surface area contributed by atoms with Gasteiger partial charge >= 0.3 is 0 Å². The lowest BCUT2D eigenvalue weighted by Gasteiger charge is -2.18. The van der Waals surface area contributed by atoms with E-state index in [9.17, 15) is 4.39 Å². The van der Waals surface area contributed by atoms with Crippen molar-refractivity contribution in [2.24, 2.45) is 5.84 Å². The van der Waals surface area contributed by atoms with Crippen molar-refractivity contribution < 1.29 is 4.39 Å². The van der Waals surface area contributed by atoms with Gasteiger partial charge < -0.3 is 0 Å². The minimum atomic E-state index is -0.196. The summed E-state index contributed by atoms with van der Waals surface area (Å²) in [6, 6.07) is 13.0. The molecule has 0 aromatic heterocycles. The Morgan fingerprint density at radius 3 is 2.39 bits per heavy atom. The molecular formula is C15H17FN2. The highest BCUT2D eigenvalue weighted by Crippen LogP contribution is 2.23. The van der Waals surface area contributed by atoms with E-state index < -0.39 is 0 Å². The average Bonchev–Trinajstić information content (AvgIpc) is 2.35. The van der Waals surface area contributed by atoms with Crippen molar-refractivity contribution in [1.29, 1.82) is 0 Å². The van der Waals surface area contributed by atoms with E-state index in [1.165, 1.54) is 11.6 Å². The Bertz CT molecular complexity index is 552. The summed E-state index contributed by atoms with van der Waals surface area (Å²) in [4.78, 5) is 0. The van der Waals surface area contributed by atoms with Crippen LogP contribution in [0.2, 0.25) is 0 Å². The number of aryl methyl sites for hydroxylation is 2. The van der Waals surface area contributed by atoms with Crippen molar-refractivity contribution in [2.45, 2.75) is 19.9 Å². The van der Waals surface area contributed by atoms with Crippen molar-refractivity contribution in [1.82, 2.24) is 5.43 Å². The van der Waals surface area contributed by atoms with E-state index in [-0.39, 0.29) is 11.9 Å². The monoisotopic (exact) mass is 244 g/mol. The summed E-state index contributed by atoms with van der Waals surface area (Å²) in [5, 5.41) is 0. The molecule has 0 bridgehead atoms. The predicted octanol–water partition coefficient (Wildman–Crippen LogP) is 3.00. The molecule has 0 fully saturated rings. The molecule has 0 aliphatic carbocycles. The first-order chi connectivity index (χ1) is 8.61. The zero-order valence-electron chi connectivity index (χ0n) is 10.6. The molecule has 0 aliphatic rings. The number of nitrogens with one attached hydrogen (secondary N) is 1. The van der Waals surface area contributed by atoms with Gasteiger partial charge in [0, 0.05) is 0 Å². The maximum absolute atomic E-state index is 13.3. The minimum Gasteiger partial charge on any atom is -0.271 e. The molecule has 2 rings (SSSR count). The van der Waals surface area contributed by atoms with Crippen LogP contribution in [0.4, 0.5) is 4.39 Å². The number of hydrogen-bond donors (Lipinski definition) is 2. The first kappa shape index (κ1) is 12.7. The van der Waals surface area contributed by atoms with Gasteiger partial charge in [-0.25, -0.2) is 9.82 Å². The molecule has 2 aromatic rings. The zero-order valence-corrected chi connectivity index (χ0v) is 10.6. The van der Waals surface area contributed by atoms with Crippen molar-refractivity contribution >= 4 is 0 Å². The molecule has 0 spiro atoms. The van der Waals surface area contributed by atoms with Crippen LogP contribution in [0.1, 0.15) is 28.3 Å². The fraction of sp³-hybridized carbons (Fsp3) is 0.200. The second-order valence-corrected chi connectivity index (χ2v) is 4.52. The van der Waals surface area contributed by atoms with E-state index in [0.717, 1.165) is 11.1 Å². The third kappa shape index (κ3) is 2.58. The van der Waals surface area contributed by atoms with E-state index in [4.69, 9.17) is 5.84 Å². The second kappa shape index (κ2) is 5.29. The highest BCUT2D eigenvalue weighted by atomic mass is 19.1. The van der Waals surface area contributed by atoms with E-state index in [1.54, 1.807) is 13.0 Å². The molecule has 2 nitrogen and oxygen atoms in total. The molecule has 18 heavy (non-hydrogen) atoms. The number of benzene rings is 2. The van der Waals surface area contributed by atoms with Crippen LogP contribution in [-0.4, -0.2) is 0 Å². The standard InChI is InChI=1S/C15H17FN2/c1-10-4-3-5-12(8-10)15(18-17)13-6-7-14(16)11(2)9-13/h3-9,15,18H,17H2,1-2H3. The van der Waals surface area contributed by atoms with Crippen molar-refractivity contribution in [3.8, 4) is 0 Å². The Kier molecular flexibility index (Phi) is 3.75. The summed E-state index contributed by atoms with van der Waals surface area (Å²) >= 11 is 0. The smallest absolute Gasteiger partial charge is 0.126 e. The fourth-order valence-electron chi connectivity index (χ4n) is 2.08. The molecule has 0 saturated carbocycles. The maximum Gasteiger partial charge on any atom is 0.126 e. The number of hydrogen-bond acceptors (Lipinski definition) is 2. The summed E-state index contributed by atoms with van der Waals surface area (Å²) in [7, 11) is 0. The summed E-state index contributed by atoms with van der Waals surface area (Å²) in [6.45, 7) is 3.79. The first-order valence-corrected chi connectivity index (χ1v) is 5.90. The van der Waals surface area contributed by atoms with Gasteiger partial charge in [-0.05, 0) is 36.6 Å². The third-order valence-corrected chi connectivity index (χ3v) is 3.06. The number of hydrazine groups is 1. The Morgan fingerprint density at radius 1 is 1.06 bits per heavy atom. The van der Waals surface area contributed by atoms with E-state index in [0.29, 0.717) is 5.56 Å². The van der Waals surface area contributed by atoms with Crippen molar-refractivity contribution in [3.63, 3.8) is 0 Å². The second-order valence-electron chi connectivity index (χ2n) is 4.52. The molecule has 2 aromatic carbocycles. The van der Waals surface area contributed by atoms with Crippen LogP contribution in [0.3, 0.4) is 0 Å². The van der Waals surface area contributed by atoms with Crippen LogP contribution in [0.5, 0.6) is 0 Å². The molecule has 0 saturated heterocycles. The summed E-state index contributed by atoms with van der Waals surface area (Å²) < 4.78 is 13.3. The molecule has 0 heterocycles. The molecule has 1 atom stereocenters. The van der Waals surface area contributed by atoms with E-state index in [1.807, 2.05) is 31.2 Å². The van der Waals surface area contributed by atoms with Gasteiger partial charge in [0.05, 0.1) is 6.04 Å². The zero-order chi connectivity index (χ0) is 13.1. The molecular weight excluding hydrogens is 227 g/mol. The SMILES string of the molecule is Cc1cccc(C(NN)c2ccc(F)c(C)c2)c1. The minimum absolute atomic E-state index is 0.121. The van der Waals surface area contributed by atoms with Gasteiger partial charge in [0.1, 0.15) is 5.82 Å². The lowest BCUT2D eigenvalue weighted by atomic mass is 9.96. The maximum atomic E-state index is 13.3. The number of rotatable bonds is 3. The molecule has 1 unspecified atom stereocenters. The summed E-state index contributed by atoms with van der Waals surface area (Å²) in [6.07, 6.45) is 0. The third-order valence-electron chi connectivity index (χ3n) is 3.06. The van der Waals surface area contributed by atoms with Gasteiger partial charge in [0.25, 0.3) is 0 Å². The van der Waals surface area contributed by atoms with Crippen molar-refractivity contribution in [2.75, 3.05) is 0 Å².